The first-order valence-corrected chi connectivity index (χ1v) is 4.11. The Morgan fingerprint density at radius 2 is 2.46 bits per heavy atom. The van der Waals surface area contributed by atoms with E-state index in [9.17, 15) is 4.79 Å². The van der Waals surface area contributed by atoms with Gasteiger partial charge < -0.3 is 9.84 Å². The van der Waals surface area contributed by atoms with Gasteiger partial charge in [-0.3, -0.25) is 9.69 Å². The zero-order valence-electron chi connectivity index (χ0n) is 7.56. The largest absolute Gasteiger partial charge is 0.481 e. The molecule has 1 saturated heterocycles. The molecule has 0 aliphatic carbocycles. The standard InChI is InChI=1S/C9H13NO3/c1-3-4-10(2)8-6-13-5-7(8)9(11)12/h1,7-8H,4-6H2,2H3,(H,11,12). The molecule has 0 saturated carbocycles. The average molecular weight is 183 g/mol. The van der Waals surface area contributed by atoms with Crippen molar-refractivity contribution >= 4 is 5.97 Å². The summed E-state index contributed by atoms with van der Waals surface area (Å²) in [5.74, 6) is 1.22. The van der Waals surface area contributed by atoms with Gasteiger partial charge in [-0.1, -0.05) is 5.92 Å². The first-order chi connectivity index (χ1) is 6.16. The van der Waals surface area contributed by atoms with Gasteiger partial charge in [0.1, 0.15) is 0 Å². The molecule has 1 aliphatic rings. The van der Waals surface area contributed by atoms with E-state index in [2.05, 4.69) is 5.92 Å². The molecule has 13 heavy (non-hydrogen) atoms. The van der Waals surface area contributed by atoms with Crippen LogP contribution >= 0.6 is 0 Å². The second-order valence-electron chi connectivity index (χ2n) is 3.17. The van der Waals surface area contributed by atoms with Crippen LogP contribution in [0.15, 0.2) is 0 Å². The molecule has 0 amide bonds. The summed E-state index contributed by atoms with van der Waals surface area (Å²) in [6.45, 7) is 1.20. The lowest BCUT2D eigenvalue weighted by Crippen LogP contribution is -2.40. The van der Waals surface area contributed by atoms with E-state index in [1.54, 1.807) is 0 Å². The zero-order valence-corrected chi connectivity index (χ0v) is 7.56. The SMILES string of the molecule is C#CCN(C)C1COCC1C(=O)O. The maximum Gasteiger partial charge on any atom is 0.310 e. The summed E-state index contributed by atoms with van der Waals surface area (Å²) in [7, 11) is 1.81. The number of aliphatic carboxylic acids is 1. The molecule has 1 heterocycles. The van der Waals surface area contributed by atoms with Crippen LogP contribution in [-0.4, -0.2) is 48.8 Å². The van der Waals surface area contributed by atoms with Crippen molar-refractivity contribution in [1.82, 2.24) is 4.90 Å². The van der Waals surface area contributed by atoms with Crippen LogP contribution in [0.25, 0.3) is 0 Å². The van der Waals surface area contributed by atoms with Gasteiger partial charge in [-0.2, -0.15) is 0 Å². The van der Waals surface area contributed by atoms with Crippen molar-refractivity contribution in [2.75, 3.05) is 26.8 Å². The Labute approximate surface area is 77.5 Å². The van der Waals surface area contributed by atoms with Gasteiger partial charge in [0, 0.05) is 6.04 Å². The number of hydrogen-bond donors (Lipinski definition) is 1. The molecule has 0 aromatic heterocycles. The average Bonchev–Trinajstić information content (AvgIpc) is 2.52. The lowest BCUT2D eigenvalue weighted by atomic mass is 10.0. The number of carboxylic acid groups (broad SMARTS) is 1. The van der Waals surface area contributed by atoms with Crippen LogP contribution < -0.4 is 0 Å². The first-order valence-electron chi connectivity index (χ1n) is 4.11. The van der Waals surface area contributed by atoms with Crippen molar-refractivity contribution in [3.8, 4) is 12.3 Å². The second-order valence-corrected chi connectivity index (χ2v) is 3.17. The normalized spacial score (nSPS) is 27.5. The van der Waals surface area contributed by atoms with Gasteiger partial charge in [-0.15, -0.1) is 6.42 Å². The first kappa shape index (κ1) is 10.0. The summed E-state index contributed by atoms with van der Waals surface area (Å²) in [5, 5.41) is 8.84. The third-order valence-electron chi connectivity index (χ3n) is 2.27. The van der Waals surface area contributed by atoms with Gasteiger partial charge >= 0.3 is 5.97 Å². The highest BCUT2D eigenvalue weighted by Crippen LogP contribution is 2.18. The summed E-state index contributed by atoms with van der Waals surface area (Å²) in [6, 6.07) is -0.0893. The number of ether oxygens (including phenoxy) is 1. The Hall–Kier alpha value is -1.05. The fourth-order valence-electron chi connectivity index (χ4n) is 1.47. The van der Waals surface area contributed by atoms with E-state index < -0.39 is 11.9 Å². The predicted octanol–water partition coefficient (Wildman–Crippen LogP) is -0.349. The van der Waals surface area contributed by atoms with Crippen LogP contribution in [0.1, 0.15) is 0 Å². The summed E-state index contributed by atoms with van der Waals surface area (Å²) in [4.78, 5) is 12.6. The minimum atomic E-state index is -0.814. The molecule has 0 spiro atoms. The van der Waals surface area contributed by atoms with E-state index >= 15 is 0 Å². The maximum atomic E-state index is 10.8. The Morgan fingerprint density at radius 3 is 3.00 bits per heavy atom. The fourth-order valence-corrected chi connectivity index (χ4v) is 1.47. The molecule has 0 aromatic rings. The molecule has 1 fully saturated rings. The van der Waals surface area contributed by atoms with Gasteiger partial charge in [0.15, 0.2) is 0 Å². The molecular formula is C9H13NO3. The Morgan fingerprint density at radius 1 is 1.77 bits per heavy atom. The number of hydrogen-bond acceptors (Lipinski definition) is 3. The van der Waals surface area contributed by atoms with Crippen molar-refractivity contribution < 1.29 is 14.6 Å². The Bertz CT molecular complexity index is 234. The Kier molecular flexibility index (Phi) is 3.29. The molecule has 0 radical (unpaired) electrons. The van der Waals surface area contributed by atoms with E-state index in [1.165, 1.54) is 0 Å². The molecule has 0 bridgehead atoms. The monoisotopic (exact) mass is 183 g/mol. The number of likely N-dealkylation sites (N-methyl/N-ethyl adjacent to an activating group) is 1. The Balaban J connectivity index is 2.58. The topological polar surface area (TPSA) is 49.8 Å². The van der Waals surface area contributed by atoms with Crippen molar-refractivity contribution in [1.29, 1.82) is 0 Å². The van der Waals surface area contributed by atoms with Gasteiger partial charge in [-0.05, 0) is 7.05 Å². The van der Waals surface area contributed by atoms with Crippen molar-refractivity contribution in [3.05, 3.63) is 0 Å². The van der Waals surface area contributed by atoms with Crippen LogP contribution in [0.5, 0.6) is 0 Å². The smallest absolute Gasteiger partial charge is 0.310 e. The molecule has 2 atom stereocenters. The molecule has 4 heteroatoms. The molecule has 1 rings (SSSR count). The summed E-state index contributed by atoms with van der Waals surface area (Å²) < 4.78 is 5.11. The number of terminal acetylenes is 1. The van der Waals surface area contributed by atoms with Crippen molar-refractivity contribution in [3.63, 3.8) is 0 Å². The lowest BCUT2D eigenvalue weighted by Gasteiger charge is -2.23. The van der Waals surface area contributed by atoms with E-state index in [4.69, 9.17) is 16.3 Å². The lowest BCUT2D eigenvalue weighted by molar-refractivity contribution is -0.143. The fraction of sp³-hybridized carbons (Fsp3) is 0.667. The highest BCUT2D eigenvalue weighted by atomic mass is 16.5. The molecule has 0 aromatic carbocycles. The number of rotatable bonds is 3. The molecule has 1 aliphatic heterocycles. The number of carboxylic acids is 1. The van der Waals surface area contributed by atoms with Gasteiger partial charge in [0.25, 0.3) is 0 Å². The van der Waals surface area contributed by atoms with Crippen LogP contribution in [0, 0.1) is 18.3 Å². The highest BCUT2D eigenvalue weighted by Gasteiger charge is 2.36. The van der Waals surface area contributed by atoms with E-state index in [0.29, 0.717) is 13.2 Å². The minimum Gasteiger partial charge on any atom is -0.481 e. The molecule has 1 N–H and O–H groups in total. The predicted molar refractivity (Wildman–Crippen MR) is 47.2 cm³/mol. The van der Waals surface area contributed by atoms with Crippen molar-refractivity contribution in [2.45, 2.75) is 6.04 Å². The molecule has 2 unspecified atom stereocenters. The van der Waals surface area contributed by atoms with E-state index in [-0.39, 0.29) is 12.6 Å². The molecular weight excluding hydrogens is 170 g/mol. The van der Waals surface area contributed by atoms with Crippen LogP contribution in [0.4, 0.5) is 0 Å². The zero-order chi connectivity index (χ0) is 9.84. The molecule has 72 valence electrons. The van der Waals surface area contributed by atoms with Crippen LogP contribution in [0.2, 0.25) is 0 Å². The summed E-state index contributed by atoms with van der Waals surface area (Å²) in [5.41, 5.74) is 0. The van der Waals surface area contributed by atoms with Crippen molar-refractivity contribution in [2.24, 2.45) is 5.92 Å². The quantitative estimate of drug-likeness (QED) is 0.608. The van der Waals surface area contributed by atoms with E-state index in [1.807, 2.05) is 11.9 Å². The molecule has 4 nitrogen and oxygen atoms in total. The van der Waals surface area contributed by atoms with Gasteiger partial charge in [0.05, 0.1) is 25.7 Å². The third-order valence-corrected chi connectivity index (χ3v) is 2.27. The summed E-state index contributed by atoms with van der Waals surface area (Å²) in [6.07, 6.45) is 5.14. The minimum absolute atomic E-state index is 0.0893. The number of carbonyl (C=O) groups is 1. The second kappa shape index (κ2) is 4.26. The number of nitrogens with zero attached hydrogens (tertiary/aromatic N) is 1. The summed E-state index contributed by atoms with van der Waals surface area (Å²) >= 11 is 0. The van der Waals surface area contributed by atoms with Gasteiger partial charge in [0.2, 0.25) is 0 Å². The van der Waals surface area contributed by atoms with Gasteiger partial charge in [-0.25, -0.2) is 0 Å². The van der Waals surface area contributed by atoms with Crippen LogP contribution in [0.3, 0.4) is 0 Å². The highest BCUT2D eigenvalue weighted by molar-refractivity contribution is 5.71. The van der Waals surface area contributed by atoms with E-state index in [0.717, 1.165) is 0 Å². The van der Waals surface area contributed by atoms with Crippen LogP contribution in [-0.2, 0) is 9.53 Å². The maximum absolute atomic E-state index is 10.8. The third kappa shape index (κ3) is 2.20.